The largest absolute Gasteiger partial charge is 0.494 e. The van der Waals surface area contributed by atoms with Gasteiger partial charge in [-0.3, -0.25) is 4.79 Å². The number of carbonyl (C=O) groups is 1. The first-order chi connectivity index (χ1) is 9.10. The average molecular weight is 264 g/mol. The third-order valence-electron chi connectivity index (χ3n) is 3.19. The maximum Gasteiger partial charge on any atom is 0.251 e. The lowest BCUT2D eigenvalue weighted by atomic mass is 10.1. The van der Waals surface area contributed by atoms with E-state index in [1.807, 2.05) is 13.8 Å². The molecule has 0 bridgehead atoms. The van der Waals surface area contributed by atoms with Crippen molar-refractivity contribution in [1.82, 2.24) is 5.32 Å². The fraction of sp³-hybridized carbons (Fsp3) is 0.500. The number of amides is 1. The Bertz CT molecular complexity index is 462. The first-order valence-corrected chi connectivity index (χ1v) is 6.56. The van der Waals surface area contributed by atoms with Gasteiger partial charge in [0.05, 0.1) is 18.8 Å². The van der Waals surface area contributed by atoms with Gasteiger partial charge in [-0.2, -0.15) is 0 Å². The van der Waals surface area contributed by atoms with Crippen LogP contribution >= 0.6 is 0 Å². The molecule has 2 unspecified atom stereocenters. The molecule has 5 heteroatoms. The van der Waals surface area contributed by atoms with Crippen LogP contribution in [0.2, 0.25) is 0 Å². The van der Waals surface area contributed by atoms with Crippen LogP contribution in [0.4, 0.5) is 5.69 Å². The van der Waals surface area contributed by atoms with Crippen LogP contribution < -0.4 is 15.8 Å². The lowest BCUT2D eigenvalue weighted by molar-refractivity contribution is 0.0866. The molecule has 0 spiro atoms. The molecule has 2 rings (SSSR count). The zero-order valence-electron chi connectivity index (χ0n) is 11.3. The molecule has 1 heterocycles. The van der Waals surface area contributed by atoms with Crippen LogP contribution in [0.1, 0.15) is 30.6 Å². The number of rotatable bonds is 4. The van der Waals surface area contributed by atoms with Crippen molar-refractivity contribution < 1.29 is 14.3 Å². The van der Waals surface area contributed by atoms with Crippen molar-refractivity contribution in [3.8, 4) is 5.75 Å². The Kier molecular flexibility index (Phi) is 4.27. The molecule has 0 aromatic heterocycles. The molecule has 1 aromatic rings. The summed E-state index contributed by atoms with van der Waals surface area (Å²) in [7, 11) is 0. The van der Waals surface area contributed by atoms with Crippen molar-refractivity contribution in [3.05, 3.63) is 23.8 Å². The van der Waals surface area contributed by atoms with Gasteiger partial charge in [0, 0.05) is 23.9 Å². The molecule has 1 aliphatic heterocycles. The molecule has 1 aliphatic rings. The summed E-state index contributed by atoms with van der Waals surface area (Å²) in [5.74, 6) is 0.471. The van der Waals surface area contributed by atoms with E-state index in [1.54, 1.807) is 18.2 Å². The summed E-state index contributed by atoms with van der Waals surface area (Å²) in [4.78, 5) is 12.2. The molecule has 5 nitrogen and oxygen atoms in total. The predicted molar refractivity (Wildman–Crippen MR) is 73.3 cm³/mol. The number of nitrogens with two attached hydrogens (primary N) is 1. The number of hydrogen-bond acceptors (Lipinski definition) is 4. The van der Waals surface area contributed by atoms with Gasteiger partial charge in [-0.15, -0.1) is 0 Å². The van der Waals surface area contributed by atoms with E-state index in [4.69, 9.17) is 15.2 Å². The Labute approximate surface area is 113 Å². The average Bonchev–Trinajstić information content (AvgIpc) is 2.75. The molecule has 104 valence electrons. The molecule has 1 aromatic carbocycles. The lowest BCUT2D eigenvalue weighted by Crippen LogP contribution is -2.39. The summed E-state index contributed by atoms with van der Waals surface area (Å²) in [6.45, 7) is 5.08. The van der Waals surface area contributed by atoms with E-state index < -0.39 is 0 Å². The van der Waals surface area contributed by atoms with E-state index in [2.05, 4.69) is 5.32 Å². The first kappa shape index (κ1) is 13.7. The quantitative estimate of drug-likeness (QED) is 0.810. The Morgan fingerprint density at radius 2 is 2.32 bits per heavy atom. The Balaban J connectivity index is 2.09. The van der Waals surface area contributed by atoms with Crippen LogP contribution in [0.15, 0.2) is 18.2 Å². The standard InChI is InChI=1S/C14H20N2O3/c1-3-18-12-7-10(6-11(15)8-12)14(17)16-13-4-5-19-9(13)2/h6-9,13H,3-5,15H2,1-2H3,(H,16,17). The molecular formula is C14H20N2O3. The van der Waals surface area contributed by atoms with Crippen molar-refractivity contribution >= 4 is 11.6 Å². The van der Waals surface area contributed by atoms with Crippen molar-refractivity contribution in [2.45, 2.75) is 32.4 Å². The number of nitrogen functional groups attached to an aromatic ring is 1. The van der Waals surface area contributed by atoms with E-state index in [0.717, 1.165) is 6.42 Å². The van der Waals surface area contributed by atoms with E-state index >= 15 is 0 Å². The van der Waals surface area contributed by atoms with E-state index in [1.165, 1.54) is 0 Å². The number of nitrogens with one attached hydrogen (secondary N) is 1. The Hall–Kier alpha value is -1.75. The molecule has 1 saturated heterocycles. The van der Waals surface area contributed by atoms with Gasteiger partial charge in [0.15, 0.2) is 0 Å². The molecule has 3 N–H and O–H groups in total. The van der Waals surface area contributed by atoms with E-state index in [0.29, 0.717) is 30.2 Å². The zero-order valence-corrected chi connectivity index (χ0v) is 11.3. The summed E-state index contributed by atoms with van der Waals surface area (Å²) in [6, 6.07) is 5.12. The number of carbonyl (C=O) groups excluding carboxylic acids is 1. The number of hydrogen-bond donors (Lipinski definition) is 2. The second kappa shape index (κ2) is 5.93. The highest BCUT2D eigenvalue weighted by molar-refractivity contribution is 5.95. The summed E-state index contributed by atoms with van der Waals surface area (Å²) in [6.07, 6.45) is 0.893. The van der Waals surface area contributed by atoms with Gasteiger partial charge >= 0.3 is 0 Å². The highest BCUT2D eigenvalue weighted by Crippen LogP contribution is 2.20. The molecule has 0 radical (unpaired) electrons. The van der Waals surface area contributed by atoms with Crippen molar-refractivity contribution in [1.29, 1.82) is 0 Å². The summed E-state index contributed by atoms with van der Waals surface area (Å²) in [5, 5.41) is 2.97. The fourth-order valence-corrected chi connectivity index (χ4v) is 2.18. The first-order valence-electron chi connectivity index (χ1n) is 6.56. The van der Waals surface area contributed by atoms with E-state index in [-0.39, 0.29) is 18.1 Å². The summed E-state index contributed by atoms with van der Waals surface area (Å²) in [5.41, 5.74) is 6.81. The minimum atomic E-state index is -0.143. The van der Waals surface area contributed by atoms with Crippen molar-refractivity contribution in [2.75, 3.05) is 18.9 Å². The Morgan fingerprint density at radius 1 is 1.53 bits per heavy atom. The third-order valence-corrected chi connectivity index (χ3v) is 3.19. The van der Waals surface area contributed by atoms with Crippen molar-refractivity contribution in [3.63, 3.8) is 0 Å². The van der Waals surface area contributed by atoms with Crippen molar-refractivity contribution in [2.24, 2.45) is 0 Å². The number of benzene rings is 1. The predicted octanol–water partition coefficient (Wildman–Crippen LogP) is 1.57. The second-order valence-corrected chi connectivity index (χ2v) is 4.67. The molecule has 2 atom stereocenters. The Morgan fingerprint density at radius 3 is 2.95 bits per heavy atom. The van der Waals surface area contributed by atoms with Crippen LogP contribution in [0.25, 0.3) is 0 Å². The van der Waals surface area contributed by atoms with Gasteiger partial charge < -0.3 is 20.5 Å². The van der Waals surface area contributed by atoms with Crippen LogP contribution in [0.5, 0.6) is 5.75 Å². The van der Waals surface area contributed by atoms with Gasteiger partial charge in [0.2, 0.25) is 0 Å². The van der Waals surface area contributed by atoms with Gasteiger partial charge in [0.1, 0.15) is 5.75 Å². The van der Waals surface area contributed by atoms with Gasteiger partial charge in [0.25, 0.3) is 5.91 Å². The number of anilines is 1. The van der Waals surface area contributed by atoms with Crippen LogP contribution in [-0.2, 0) is 4.74 Å². The minimum Gasteiger partial charge on any atom is -0.494 e. The third kappa shape index (κ3) is 3.38. The molecule has 19 heavy (non-hydrogen) atoms. The lowest BCUT2D eigenvalue weighted by Gasteiger charge is -2.16. The second-order valence-electron chi connectivity index (χ2n) is 4.67. The smallest absolute Gasteiger partial charge is 0.251 e. The maximum atomic E-state index is 12.2. The number of ether oxygens (including phenoxy) is 2. The van der Waals surface area contributed by atoms with E-state index in [9.17, 15) is 4.79 Å². The van der Waals surface area contributed by atoms with Gasteiger partial charge in [-0.1, -0.05) is 0 Å². The summed E-state index contributed by atoms with van der Waals surface area (Å²) < 4.78 is 10.8. The fourth-order valence-electron chi connectivity index (χ4n) is 2.18. The molecular weight excluding hydrogens is 244 g/mol. The van der Waals surface area contributed by atoms with Gasteiger partial charge in [-0.05, 0) is 32.4 Å². The van der Waals surface area contributed by atoms with Gasteiger partial charge in [-0.25, -0.2) is 0 Å². The zero-order chi connectivity index (χ0) is 13.8. The topological polar surface area (TPSA) is 73.6 Å². The van der Waals surface area contributed by atoms with Crippen LogP contribution in [0, 0.1) is 0 Å². The highest BCUT2D eigenvalue weighted by Gasteiger charge is 2.26. The molecule has 0 aliphatic carbocycles. The maximum absolute atomic E-state index is 12.2. The van der Waals surface area contributed by atoms with Crippen LogP contribution in [-0.4, -0.2) is 31.3 Å². The van der Waals surface area contributed by atoms with Crippen LogP contribution in [0.3, 0.4) is 0 Å². The summed E-state index contributed by atoms with van der Waals surface area (Å²) >= 11 is 0. The normalized spacial score (nSPS) is 22.2. The monoisotopic (exact) mass is 264 g/mol. The molecule has 0 saturated carbocycles. The minimum absolute atomic E-state index is 0.0522. The molecule has 1 fully saturated rings. The molecule has 1 amide bonds. The SMILES string of the molecule is CCOc1cc(N)cc(C(=O)NC2CCOC2C)c1. The highest BCUT2D eigenvalue weighted by atomic mass is 16.5.